The Morgan fingerprint density at radius 2 is 1.90 bits per heavy atom. The van der Waals surface area contributed by atoms with Crippen LogP contribution in [0.4, 0.5) is 28.4 Å². The minimum absolute atomic E-state index is 0.000657. The molecule has 0 radical (unpaired) electrons. The maximum Gasteiger partial charge on any atom is 0.294 e. The van der Waals surface area contributed by atoms with Gasteiger partial charge in [0.2, 0.25) is 5.91 Å². The van der Waals surface area contributed by atoms with E-state index in [1.807, 2.05) is 23.1 Å². The molecule has 0 unspecified atom stereocenters. The van der Waals surface area contributed by atoms with Gasteiger partial charge in [0, 0.05) is 49.9 Å². The van der Waals surface area contributed by atoms with Crippen molar-refractivity contribution >= 4 is 52.2 Å². The van der Waals surface area contributed by atoms with E-state index in [4.69, 9.17) is 11.6 Å². The molecule has 0 aromatic heterocycles. The summed E-state index contributed by atoms with van der Waals surface area (Å²) in [5.74, 6) is 0.0929. The minimum atomic E-state index is -0.428. The summed E-state index contributed by atoms with van der Waals surface area (Å²) >= 11 is 6.38. The van der Waals surface area contributed by atoms with Crippen molar-refractivity contribution in [3.63, 3.8) is 0 Å². The third kappa shape index (κ3) is 4.20. The topological polar surface area (TPSA) is 95.8 Å². The van der Waals surface area contributed by atoms with Crippen molar-refractivity contribution in [3.8, 4) is 0 Å². The Morgan fingerprint density at radius 3 is 2.58 bits per heavy atom. The van der Waals surface area contributed by atoms with E-state index in [1.165, 1.54) is 6.07 Å². The second-order valence-electron chi connectivity index (χ2n) is 7.96. The van der Waals surface area contributed by atoms with Gasteiger partial charge in [0.05, 0.1) is 15.6 Å². The lowest BCUT2D eigenvalue weighted by atomic mass is 9.98. The van der Waals surface area contributed by atoms with Gasteiger partial charge < -0.3 is 19.9 Å². The number of nitro benzene ring substituents is 1. The number of carbonyl (C=O) groups excluding carboxylic acids is 2. The van der Waals surface area contributed by atoms with E-state index >= 15 is 0 Å². The average molecular weight is 443 g/mol. The Morgan fingerprint density at radius 1 is 1.16 bits per heavy atom. The number of anilines is 4. The van der Waals surface area contributed by atoms with Crippen LogP contribution in [0.15, 0.2) is 30.3 Å². The maximum absolute atomic E-state index is 11.9. The first-order chi connectivity index (χ1) is 14.9. The van der Waals surface area contributed by atoms with Gasteiger partial charge in [-0.3, -0.25) is 14.9 Å². The molecule has 9 heteroatoms. The number of amides is 1. The van der Waals surface area contributed by atoms with Crippen LogP contribution < -0.4 is 15.1 Å². The van der Waals surface area contributed by atoms with Gasteiger partial charge in [0.1, 0.15) is 12.0 Å². The zero-order chi connectivity index (χ0) is 22.1. The number of nitrogens with one attached hydrogen (secondary N) is 1. The van der Waals surface area contributed by atoms with E-state index in [1.54, 1.807) is 18.0 Å². The van der Waals surface area contributed by atoms with Gasteiger partial charge in [-0.05, 0) is 49.1 Å². The van der Waals surface area contributed by atoms with Gasteiger partial charge in [-0.2, -0.15) is 0 Å². The summed E-state index contributed by atoms with van der Waals surface area (Å²) in [6.07, 6.45) is 3.43. The lowest BCUT2D eigenvalue weighted by Gasteiger charge is -2.31. The molecular weight excluding hydrogens is 420 g/mol. The number of rotatable bonds is 5. The monoisotopic (exact) mass is 442 g/mol. The van der Waals surface area contributed by atoms with Crippen molar-refractivity contribution in [1.29, 1.82) is 0 Å². The summed E-state index contributed by atoms with van der Waals surface area (Å²) in [6.45, 7) is 1.15. The van der Waals surface area contributed by atoms with Crippen LogP contribution in [0.5, 0.6) is 0 Å². The number of nitro groups is 1. The zero-order valence-electron chi connectivity index (χ0n) is 17.1. The molecule has 0 bridgehead atoms. The number of hydrogen-bond acceptors (Lipinski definition) is 6. The SMILES string of the molecule is CN1C(=O)CCc2cc(Nc3cc(N4CCC(C=O)CC4)c([N+](=O)[O-])cc3Cl)ccc21. The third-order valence-electron chi connectivity index (χ3n) is 6.04. The Hall–Kier alpha value is -3.13. The second kappa shape index (κ2) is 8.55. The van der Waals surface area contributed by atoms with E-state index in [0.29, 0.717) is 50.1 Å². The van der Waals surface area contributed by atoms with Gasteiger partial charge in [-0.25, -0.2) is 0 Å². The lowest BCUT2D eigenvalue weighted by molar-refractivity contribution is -0.384. The molecule has 0 atom stereocenters. The van der Waals surface area contributed by atoms with Crippen LogP contribution in [-0.2, 0) is 16.0 Å². The molecule has 2 aliphatic rings. The molecule has 0 saturated carbocycles. The Kier molecular flexibility index (Phi) is 5.82. The van der Waals surface area contributed by atoms with E-state index in [2.05, 4.69) is 5.32 Å². The zero-order valence-corrected chi connectivity index (χ0v) is 17.9. The van der Waals surface area contributed by atoms with Gasteiger partial charge in [0.25, 0.3) is 5.69 Å². The van der Waals surface area contributed by atoms with E-state index in [-0.39, 0.29) is 22.5 Å². The van der Waals surface area contributed by atoms with E-state index < -0.39 is 4.92 Å². The van der Waals surface area contributed by atoms with Crippen molar-refractivity contribution in [3.05, 3.63) is 51.0 Å². The highest BCUT2D eigenvalue weighted by molar-refractivity contribution is 6.33. The number of carbonyl (C=O) groups is 2. The molecule has 162 valence electrons. The van der Waals surface area contributed by atoms with Crippen molar-refractivity contribution in [1.82, 2.24) is 0 Å². The first-order valence-electron chi connectivity index (χ1n) is 10.2. The van der Waals surface area contributed by atoms with E-state index in [9.17, 15) is 19.7 Å². The van der Waals surface area contributed by atoms with Crippen LogP contribution in [0, 0.1) is 16.0 Å². The van der Waals surface area contributed by atoms with Crippen LogP contribution in [0.25, 0.3) is 0 Å². The van der Waals surface area contributed by atoms with Crippen LogP contribution >= 0.6 is 11.6 Å². The number of aryl methyl sites for hydroxylation is 1. The molecule has 2 aromatic rings. The quantitative estimate of drug-likeness (QED) is 0.421. The third-order valence-corrected chi connectivity index (χ3v) is 6.35. The predicted molar refractivity (Wildman–Crippen MR) is 121 cm³/mol. The molecule has 4 rings (SSSR count). The van der Waals surface area contributed by atoms with Crippen molar-refractivity contribution in [2.75, 3.05) is 35.3 Å². The first-order valence-corrected chi connectivity index (χ1v) is 10.6. The number of fused-ring (bicyclic) bond motifs is 1. The summed E-state index contributed by atoms with van der Waals surface area (Å²) in [7, 11) is 1.76. The molecular formula is C22H23ClN4O4. The number of aldehydes is 1. The molecule has 0 aliphatic carbocycles. The van der Waals surface area contributed by atoms with Crippen LogP contribution in [0.2, 0.25) is 5.02 Å². The van der Waals surface area contributed by atoms with Crippen LogP contribution in [0.3, 0.4) is 0 Å². The van der Waals surface area contributed by atoms with Crippen molar-refractivity contribution in [2.45, 2.75) is 25.7 Å². The molecule has 8 nitrogen and oxygen atoms in total. The number of piperidine rings is 1. The largest absolute Gasteiger partial charge is 0.366 e. The summed E-state index contributed by atoms with van der Waals surface area (Å²) in [6, 6.07) is 8.80. The molecule has 2 aromatic carbocycles. The standard InChI is InChI=1S/C22H23ClN4O4/c1-25-19-4-3-16(10-15(19)2-5-22(25)29)24-18-12-20(21(27(30)31)11-17(18)23)26-8-6-14(13-28)7-9-26/h3-4,10-14,24H,2,5-9H2,1H3. The number of hydrogen-bond donors (Lipinski definition) is 1. The molecule has 1 N–H and O–H groups in total. The highest BCUT2D eigenvalue weighted by Crippen LogP contribution is 2.40. The van der Waals surface area contributed by atoms with E-state index in [0.717, 1.165) is 23.2 Å². The second-order valence-corrected chi connectivity index (χ2v) is 8.37. The van der Waals surface area contributed by atoms with Crippen LogP contribution in [0.1, 0.15) is 24.8 Å². The summed E-state index contributed by atoms with van der Waals surface area (Å²) < 4.78 is 0. The molecule has 1 fully saturated rings. The number of benzene rings is 2. The fourth-order valence-electron chi connectivity index (χ4n) is 4.21. The summed E-state index contributed by atoms with van der Waals surface area (Å²) in [5.41, 5.74) is 3.75. The molecule has 0 spiro atoms. The molecule has 1 saturated heterocycles. The van der Waals surface area contributed by atoms with Gasteiger partial charge >= 0.3 is 0 Å². The first kappa shape index (κ1) is 21.1. The smallest absolute Gasteiger partial charge is 0.294 e. The maximum atomic E-state index is 11.9. The normalized spacial score (nSPS) is 16.8. The lowest BCUT2D eigenvalue weighted by Crippen LogP contribution is -2.34. The predicted octanol–water partition coefficient (Wildman–Crippen LogP) is 4.32. The van der Waals surface area contributed by atoms with Gasteiger partial charge in [0.15, 0.2) is 0 Å². The van der Waals surface area contributed by atoms with Gasteiger partial charge in [-0.1, -0.05) is 11.6 Å². The average Bonchev–Trinajstić information content (AvgIpc) is 2.77. The summed E-state index contributed by atoms with van der Waals surface area (Å²) in [4.78, 5) is 37.8. The van der Waals surface area contributed by atoms with Crippen molar-refractivity contribution < 1.29 is 14.5 Å². The fraction of sp³-hybridized carbons (Fsp3) is 0.364. The number of halogens is 1. The highest BCUT2D eigenvalue weighted by atomic mass is 35.5. The molecule has 1 amide bonds. The Bertz CT molecular complexity index is 1050. The van der Waals surface area contributed by atoms with Gasteiger partial charge in [-0.15, -0.1) is 0 Å². The molecule has 2 heterocycles. The fourth-order valence-corrected chi connectivity index (χ4v) is 4.42. The Balaban J connectivity index is 1.64. The molecule has 2 aliphatic heterocycles. The molecule has 31 heavy (non-hydrogen) atoms. The van der Waals surface area contributed by atoms with Crippen molar-refractivity contribution in [2.24, 2.45) is 5.92 Å². The van der Waals surface area contributed by atoms with Crippen LogP contribution in [-0.4, -0.2) is 37.3 Å². The summed E-state index contributed by atoms with van der Waals surface area (Å²) in [5, 5.41) is 15.2. The Labute approximate surface area is 184 Å². The highest BCUT2D eigenvalue weighted by Gasteiger charge is 2.27. The number of nitrogens with zero attached hydrogens (tertiary/aromatic N) is 3. The minimum Gasteiger partial charge on any atom is -0.366 e.